The Bertz CT molecular complexity index is 150. The second-order valence-corrected chi connectivity index (χ2v) is 3.75. The average molecular weight is 169 g/mol. The monoisotopic (exact) mass is 169 g/mol. The second-order valence-electron chi connectivity index (χ2n) is 3.75. The van der Waals surface area contributed by atoms with Crippen molar-refractivity contribution in [1.29, 1.82) is 0 Å². The van der Waals surface area contributed by atoms with E-state index in [2.05, 4.69) is 0 Å². The molecule has 0 aromatic carbocycles. The molecule has 1 rings (SSSR count). The van der Waals surface area contributed by atoms with Crippen LogP contribution in [0.1, 0.15) is 45.4 Å². The number of carbonyl (C=O) groups excluding carboxylic acids is 1. The zero-order valence-electron chi connectivity index (χ0n) is 7.88. The van der Waals surface area contributed by atoms with Crippen molar-refractivity contribution < 1.29 is 4.79 Å². The van der Waals surface area contributed by atoms with Gasteiger partial charge in [0.25, 0.3) is 0 Å². The highest BCUT2D eigenvalue weighted by Crippen LogP contribution is 2.25. The molecule has 1 aliphatic rings. The standard InChI is InChI=1S/C10H19NO/c1-2-9(11)10(12)8-6-4-3-5-7-8/h8-9H,2-7,11H2,1H3. The molecule has 0 saturated heterocycles. The number of hydrogen-bond acceptors (Lipinski definition) is 2. The van der Waals surface area contributed by atoms with Gasteiger partial charge in [0.1, 0.15) is 0 Å². The molecule has 0 aromatic heterocycles. The summed E-state index contributed by atoms with van der Waals surface area (Å²) in [6.45, 7) is 1.98. The van der Waals surface area contributed by atoms with Crippen LogP contribution in [0.15, 0.2) is 0 Å². The average Bonchev–Trinajstić information content (AvgIpc) is 2.17. The molecule has 0 bridgehead atoms. The van der Waals surface area contributed by atoms with Gasteiger partial charge in [-0.05, 0) is 19.3 Å². The Hall–Kier alpha value is -0.370. The molecule has 70 valence electrons. The molecule has 1 unspecified atom stereocenters. The van der Waals surface area contributed by atoms with Gasteiger partial charge >= 0.3 is 0 Å². The molecule has 1 saturated carbocycles. The van der Waals surface area contributed by atoms with Crippen LogP contribution in [0, 0.1) is 5.92 Å². The Morgan fingerprint density at radius 3 is 2.50 bits per heavy atom. The summed E-state index contributed by atoms with van der Waals surface area (Å²) in [5, 5.41) is 0. The number of rotatable bonds is 3. The van der Waals surface area contributed by atoms with Crippen LogP contribution in [0.3, 0.4) is 0 Å². The maximum absolute atomic E-state index is 11.6. The lowest BCUT2D eigenvalue weighted by Crippen LogP contribution is -2.35. The van der Waals surface area contributed by atoms with Crippen molar-refractivity contribution in [1.82, 2.24) is 0 Å². The lowest BCUT2D eigenvalue weighted by molar-refractivity contribution is -0.125. The van der Waals surface area contributed by atoms with E-state index in [1.165, 1.54) is 19.3 Å². The van der Waals surface area contributed by atoms with Gasteiger partial charge in [-0.25, -0.2) is 0 Å². The van der Waals surface area contributed by atoms with E-state index < -0.39 is 0 Å². The molecule has 2 nitrogen and oxygen atoms in total. The minimum Gasteiger partial charge on any atom is -0.322 e. The summed E-state index contributed by atoms with van der Waals surface area (Å²) in [6, 6.07) is -0.201. The Balaban J connectivity index is 2.39. The highest BCUT2D eigenvalue weighted by atomic mass is 16.1. The summed E-state index contributed by atoms with van der Waals surface area (Å²) in [7, 11) is 0. The van der Waals surface area contributed by atoms with Crippen LogP contribution in [0.4, 0.5) is 0 Å². The first-order valence-corrected chi connectivity index (χ1v) is 5.05. The summed E-state index contributed by atoms with van der Waals surface area (Å²) < 4.78 is 0. The van der Waals surface area contributed by atoms with E-state index in [0.29, 0.717) is 5.78 Å². The van der Waals surface area contributed by atoms with Crippen LogP contribution in [0.5, 0.6) is 0 Å². The highest BCUT2D eigenvalue weighted by Gasteiger charge is 2.24. The first-order valence-electron chi connectivity index (χ1n) is 5.05. The van der Waals surface area contributed by atoms with Gasteiger partial charge in [-0.2, -0.15) is 0 Å². The molecule has 1 aliphatic carbocycles. The Morgan fingerprint density at radius 2 is 2.00 bits per heavy atom. The van der Waals surface area contributed by atoms with Gasteiger partial charge in [0, 0.05) is 5.92 Å². The number of Topliss-reactive ketones (excluding diaryl/α,β-unsaturated/α-hetero) is 1. The normalized spacial score (nSPS) is 22.2. The zero-order valence-corrected chi connectivity index (χ0v) is 7.88. The van der Waals surface area contributed by atoms with Crippen molar-refractivity contribution in [3.05, 3.63) is 0 Å². The second kappa shape index (κ2) is 4.61. The molecule has 2 heteroatoms. The maximum Gasteiger partial charge on any atom is 0.152 e. The fraction of sp³-hybridized carbons (Fsp3) is 0.900. The van der Waals surface area contributed by atoms with Crippen molar-refractivity contribution in [3.63, 3.8) is 0 Å². The summed E-state index contributed by atoms with van der Waals surface area (Å²) in [6.07, 6.45) is 6.67. The molecule has 0 aromatic rings. The summed E-state index contributed by atoms with van der Waals surface area (Å²) in [5.41, 5.74) is 5.70. The van der Waals surface area contributed by atoms with E-state index in [9.17, 15) is 4.79 Å². The molecular formula is C10H19NO. The van der Waals surface area contributed by atoms with Crippen LogP contribution in [0.2, 0.25) is 0 Å². The maximum atomic E-state index is 11.6. The SMILES string of the molecule is CCC(N)C(=O)C1CCCCC1. The van der Waals surface area contributed by atoms with Crippen molar-refractivity contribution in [2.45, 2.75) is 51.5 Å². The third-order valence-corrected chi connectivity index (χ3v) is 2.81. The Labute approximate surface area is 74.5 Å². The largest absolute Gasteiger partial charge is 0.322 e. The quantitative estimate of drug-likeness (QED) is 0.701. The van der Waals surface area contributed by atoms with E-state index >= 15 is 0 Å². The molecule has 0 amide bonds. The number of hydrogen-bond donors (Lipinski definition) is 1. The summed E-state index contributed by atoms with van der Waals surface area (Å²) in [5.74, 6) is 0.589. The van der Waals surface area contributed by atoms with E-state index in [0.717, 1.165) is 19.3 Å². The molecule has 0 aliphatic heterocycles. The third kappa shape index (κ3) is 2.31. The Kier molecular flexibility index (Phi) is 3.73. The van der Waals surface area contributed by atoms with Crippen molar-refractivity contribution in [2.24, 2.45) is 11.7 Å². The number of carbonyl (C=O) groups is 1. The van der Waals surface area contributed by atoms with E-state index in [1.807, 2.05) is 6.92 Å². The number of nitrogens with two attached hydrogens (primary N) is 1. The van der Waals surface area contributed by atoms with E-state index in [1.54, 1.807) is 0 Å². The molecule has 1 atom stereocenters. The molecular weight excluding hydrogens is 150 g/mol. The van der Waals surface area contributed by atoms with Gasteiger partial charge in [-0.3, -0.25) is 4.79 Å². The predicted molar refractivity (Wildman–Crippen MR) is 49.8 cm³/mol. The molecule has 0 spiro atoms. The molecule has 0 radical (unpaired) electrons. The molecule has 1 fully saturated rings. The predicted octanol–water partition coefficient (Wildman–Crippen LogP) is 1.87. The lowest BCUT2D eigenvalue weighted by atomic mass is 9.83. The third-order valence-electron chi connectivity index (χ3n) is 2.81. The summed E-state index contributed by atoms with van der Waals surface area (Å²) >= 11 is 0. The smallest absolute Gasteiger partial charge is 0.152 e. The van der Waals surface area contributed by atoms with E-state index in [-0.39, 0.29) is 12.0 Å². The van der Waals surface area contributed by atoms with Gasteiger partial charge in [-0.1, -0.05) is 26.2 Å². The molecule has 0 heterocycles. The van der Waals surface area contributed by atoms with Gasteiger partial charge < -0.3 is 5.73 Å². The van der Waals surface area contributed by atoms with Crippen LogP contribution >= 0.6 is 0 Å². The fourth-order valence-electron chi connectivity index (χ4n) is 1.89. The number of ketones is 1. The Morgan fingerprint density at radius 1 is 1.42 bits per heavy atom. The molecule has 12 heavy (non-hydrogen) atoms. The highest BCUT2D eigenvalue weighted by molar-refractivity contribution is 5.86. The molecule has 2 N–H and O–H groups in total. The van der Waals surface area contributed by atoms with Crippen LogP contribution < -0.4 is 5.73 Å². The summed E-state index contributed by atoms with van der Waals surface area (Å²) in [4.78, 5) is 11.6. The van der Waals surface area contributed by atoms with Crippen LogP contribution in [-0.4, -0.2) is 11.8 Å². The van der Waals surface area contributed by atoms with Crippen molar-refractivity contribution in [2.75, 3.05) is 0 Å². The van der Waals surface area contributed by atoms with Gasteiger partial charge in [0.2, 0.25) is 0 Å². The van der Waals surface area contributed by atoms with Gasteiger partial charge in [0.05, 0.1) is 6.04 Å². The first-order chi connectivity index (χ1) is 5.75. The fourth-order valence-corrected chi connectivity index (χ4v) is 1.89. The van der Waals surface area contributed by atoms with Crippen LogP contribution in [0.25, 0.3) is 0 Å². The van der Waals surface area contributed by atoms with Gasteiger partial charge in [0.15, 0.2) is 5.78 Å². The minimum absolute atomic E-state index is 0.201. The minimum atomic E-state index is -0.201. The zero-order chi connectivity index (χ0) is 8.97. The lowest BCUT2D eigenvalue weighted by Gasteiger charge is -2.22. The van der Waals surface area contributed by atoms with Crippen molar-refractivity contribution >= 4 is 5.78 Å². The van der Waals surface area contributed by atoms with Crippen molar-refractivity contribution in [3.8, 4) is 0 Å². The van der Waals surface area contributed by atoms with E-state index in [4.69, 9.17) is 5.73 Å². The van der Waals surface area contributed by atoms with Gasteiger partial charge in [-0.15, -0.1) is 0 Å². The topological polar surface area (TPSA) is 43.1 Å². The first kappa shape index (κ1) is 9.72. The van der Waals surface area contributed by atoms with Crippen LogP contribution in [-0.2, 0) is 4.79 Å².